The zero-order valence-electron chi connectivity index (χ0n) is 6.56. The van der Waals surface area contributed by atoms with Gasteiger partial charge >= 0.3 is 0 Å². The maximum Gasteiger partial charge on any atom is 0.281 e. The van der Waals surface area contributed by atoms with Crippen LogP contribution in [0.2, 0.25) is 0 Å². The second-order valence-corrected chi connectivity index (χ2v) is 2.63. The number of nitrogens with zero attached hydrogens (tertiary/aromatic N) is 1. The molecule has 0 amide bonds. The first-order valence-corrected chi connectivity index (χ1v) is 3.60. The lowest BCUT2D eigenvalue weighted by molar-refractivity contribution is -0.793. The quantitative estimate of drug-likeness (QED) is 0.455. The molecule has 2 N–H and O–H groups in total. The van der Waals surface area contributed by atoms with E-state index in [0.717, 1.165) is 6.20 Å². The summed E-state index contributed by atoms with van der Waals surface area (Å²) in [7, 11) is 0. The third kappa shape index (κ3) is 1.20. The van der Waals surface area contributed by atoms with Crippen LogP contribution in [0.15, 0.2) is 33.7 Å². The summed E-state index contributed by atoms with van der Waals surface area (Å²) in [4.78, 5) is 11.3. The highest BCUT2D eigenvalue weighted by atomic mass is 16.7. The SMILES string of the molecule is Nc1ccc2o[n+]([O-])cc(=O)c2c1. The van der Waals surface area contributed by atoms with Crippen molar-refractivity contribution < 1.29 is 9.43 Å². The molecule has 0 aliphatic heterocycles. The molecule has 2 aromatic rings. The average molecular weight is 178 g/mol. The van der Waals surface area contributed by atoms with Gasteiger partial charge in [0.25, 0.3) is 11.6 Å². The molecule has 0 aliphatic rings. The van der Waals surface area contributed by atoms with Crippen molar-refractivity contribution in [3.63, 3.8) is 0 Å². The molecule has 0 saturated carbocycles. The Morgan fingerprint density at radius 3 is 3.00 bits per heavy atom. The van der Waals surface area contributed by atoms with Gasteiger partial charge in [0.1, 0.15) is 0 Å². The summed E-state index contributed by atoms with van der Waals surface area (Å²) in [5, 5.41) is 11.0. The van der Waals surface area contributed by atoms with Crippen LogP contribution in [0.5, 0.6) is 0 Å². The highest BCUT2D eigenvalue weighted by Gasteiger charge is 2.02. The van der Waals surface area contributed by atoms with Gasteiger partial charge in [-0.3, -0.25) is 10.0 Å². The second-order valence-electron chi connectivity index (χ2n) is 2.63. The normalized spacial score (nSPS) is 10.5. The lowest BCUT2D eigenvalue weighted by Gasteiger charge is -1.98. The fraction of sp³-hybridized carbons (Fsp3) is 0. The van der Waals surface area contributed by atoms with Gasteiger partial charge in [0.2, 0.25) is 0 Å². The molecule has 66 valence electrons. The standard InChI is InChI=1S/C8H6N2O3/c9-5-1-2-8-6(3-5)7(11)4-10(12)13-8/h1-4H,9H2. The summed E-state index contributed by atoms with van der Waals surface area (Å²) >= 11 is 0. The molecule has 5 nitrogen and oxygen atoms in total. The molecule has 0 radical (unpaired) electrons. The first kappa shape index (κ1) is 7.60. The predicted octanol–water partition coefficient (Wildman–Crippen LogP) is 0.00860. The Morgan fingerprint density at radius 1 is 1.46 bits per heavy atom. The van der Waals surface area contributed by atoms with Crippen molar-refractivity contribution in [3.8, 4) is 0 Å². The summed E-state index contributed by atoms with van der Waals surface area (Å²) in [6, 6.07) is 4.52. The van der Waals surface area contributed by atoms with Crippen molar-refractivity contribution in [2.45, 2.75) is 0 Å². The molecule has 0 spiro atoms. The lowest BCUT2D eigenvalue weighted by atomic mass is 10.2. The van der Waals surface area contributed by atoms with Crippen molar-refractivity contribution in [1.29, 1.82) is 0 Å². The monoisotopic (exact) mass is 178 g/mol. The molecule has 1 heterocycles. The van der Waals surface area contributed by atoms with Crippen LogP contribution < -0.4 is 16.1 Å². The fourth-order valence-electron chi connectivity index (χ4n) is 1.11. The highest BCUT2D eigenvalue weighted by molar-refractivity contribution is 5.79. The molecule has 0 saturated heterocycles. The van der Waals surface area contributed by atoms with Crippen LogP contribution in [0.4, 0.5) is 5.69 Å². The summed E-state index contributed by atoms with van der Waals surface area (Å²) in [6.45, 7) is 0. The Bertz CT molecular complexity index is 518. The van der Waals surface area contributed by atoms with Gasteiger partial charge in [0, 0.05) is 10.6 Å². The number of hydrogen-bond donors (Lipinski definition) is 1. The Hall–Kier alpha value is -2.04. The van der Waals surface area contributed by atoms with Crippen LogP contribution in [0.3, 0.4) is 0 Å². The van der Waals surface area contributed by atoms with Crippen LogP contribution in [0.1, 0.15) is 0 Å². The number of hydrogen-bond acceptors (Lipinski definition) is 4. The molecule has 5 heteroatoms. The molecule has 0 unspecified atom stereocenters. The third-order valence-corrected chi connectivity index (χ3v) is 1.68. The smallest absolute Gasteiger partial charge is 0.281 e. The van der Waals surface area contributed by atoms with E-state index in [2.05, 4.69) is 0 Å². The molecule has 0 bridgehead atoms. The Balaban J connectivity index is 2.95. The largest absolute Gasteiger partial charge is 0.399 e. The molecule has 1 aromatic carbocycles. The molecule has 0 atom stereocenters. The van der Waals surface area contributed by atoms with Crippen molar-refractivity contribution in [2.75, 3.05) is 5.73 Å². The summed E-state index contributed by atoms with van der Waals surface area (Å²) in [5.41, 5.74) is 5.76. The van der Waals surface area contributed by atoms with Crippen molar-refractivity contribution in [2.24, 2.45) is 0 Å². The summed E-state index contributed by atoms with van der Waals surface area (Å²) in [5.74, 6) is 0. The van der Waals surface area contributed by atoms with Crippen LogP contribution in [-0.2, 0) is 0 Å². The van der Waals surface area contributed by atoms with Crippen molar-refractivity contribution >= 4 is 16.7 Å². The van der Waals surface area contributed by atoms with Crippen molar-refractivity contribution in [3.05, 3.63) is 39.8 Å². The van der Waals surface area contributed by atoms with Gasteiger partial charge in [-0.05, 0) is 18.2 Å². The maximum absolute atomic E-state index is 11.2. The van der Waals surface area contributed by atoms with Gasteiger partial charge in [-0.1, -0.05) is 0 Å². The van der Waals surface area contributed by atoms with E-state index < -0.39 is 5.43 Å². The van der Waals surface area contributed by atoms with E-state index >= 15 is 0 Å². The number of anilines is 1. The minimum atomic E-state index is -0.399. The van der Waals surface area contributed by atoms with E-state index in [4.69, 9.17) is 10.3 Å². The Morgan fingerprint density at radius 2 is 2.23 bits per heavy atom. The van der Waals surface area contributed by atoms with Crippen LogP contribution >= 0.6 is 0 Å². The Kier molecular flexibility index (Phi) is 1.45. The average Bonchev–Trinajstić information content (AvgIpc) is 2.06. The molecular weight excluding hydrogens is 172 g/mol. The molecule has 1 aromatic heterocycles. The first-order valence-electron chi connectivity index (χ1n) is 3.60. The zero-order valence-corrected chi connectivity index (χ0v) is 6.56. The molecular formula is C8H6N2O3. The summed E-state index contributed by atoms with van der Waals surface area (Å²) < 4.78 is 4.70. The van der Waals surface area contributed by atoms with Crippen molar-refractivity contribution in [1.82, 2.24) is 0 Å². The van der Waals surface area contributed by atoms with Crippen LogP contribution in [-0.4, -0.2) is 0 Å². The van der Waals surface area contributed by atoms with Gasteiger partial charge in [-0.25, -0.2) is 0 Å². The van der Waals surface area contributed by atoms with Gasteiger partial charge in [0.05, 0.1) is 11.0 Å². The van der Waals surface area contributed by atoms with Gasteiger partial charge in [0.15, 0.2) is 0 Å². The first-order chi connectivity index (χ1) is 6.16. The lowest BCUT2D eigenvalue weighted by Crippen LogP contribution is -2.29. The predicted molar refractivity (Wildman–Crippen MR) is 45.9 cm³/mol. The minimum absolute atomic E-state index is 0.126. The number of benzene rings is 1. The highest BCUT2D eigenvalue weighted by Crippen LogP contribution is 2.11. The molecule has 0 fully saturated rings. The summed E-state index contributed by atoms with van der Waals surface area (Å²) in [6.07, 6.45) is 0.821. The van der Waals surface area contributed by atoms with E-state index in [1.54, 1.807) is 6.07 Å². The number of fused-ring (bicyclic) bond motifs is 1. The molecule has 13 heavy (non-hydrogen) atoms. The van der Waals surface area contributed by atoms with Gasteiger partial charge < -0.3 is 10.3 Å². The third-order valence-electron chi connectivity index (χ3n) is 1.68. The Labute approximate surface area is 72.5 Å². The number of aromatic nitrogens is 1. The molecule has 0 aliphatic carbocycles. The van der Waals surface area contributed by atoms with Gasteiger partial charge in [-0.15, -0.1) is 0 Å². The van der Waals surface area contributed by atoms with E-state index in [9.17, 15) is 10.0 Å². The van der Waals surface area contributed by atoms with Crippen LogP contribution in [0.25, 0.3) is 11.0 Å². The van der Waals surface area contributed by atoms with E-state index in [1.807, 2.05) is 0 Å². The van der Waals surface area contributed by atoms with Crippen LogP contribution in [0, 0.1) is 5.21 Å². The fourth-order valence-corrected chi connectivity index (χ4v) is 1.11. The second kappa shape index (κ2) is 2.48. The van der Waals surface area contributed by atoms with E-state index in [0.29, 0.717) is 11.1 Å². The molecule has 2 rings (SSSR count). The number of nitrogens with two attached hydrogens (primary N) is 1. The van der Waals surface area contributed by atoms with Gasteiger partial charge in [-0.2, -0.15) is 0 Å². The number of nitrogen functional groups attached to an aromatic ring is 1. The van der Waals surface area contributed by atoms with E-state index in [1.165, 1.54) is 12.1 Å². The maximum atomic E-state index is 11.2. The van der Waals surface area contributed by atoms with E-state index in [-0.39, 0.29) is 10.5 Å². The minimum Gasteiger partial charge on any atom is -0.399 e. The number of rotatable bonds is 0. The zero-order chi connectivity index (χ0) is 9.42. The topological polar surface area (TPSA) is 83.2 Å².